The summed E-state index contributed by atoms with van der Waals surface area (Å²) in [4.78, 5) is 21.1. The van der Waals surface area contributed by atoms with E-state index in [1.54, 1.807) is 6.92 Å². The van der Waals surface area contributed by atoms with E-state index in [0.29, 0.717) is 18.9 Å². The first-order valence-corrected chi connectivity index (χ1v) is 4.44. The average Bonchev–Trinajstić information content (AvgIpc) is 2.04. The van der Waals surface area contributed by atoms with E-state index >= 15 is 0 Å². The third kappa shape index (κ3) is 6.13. The summed E-state index contributed by atoms with van der Waals surface area (Å²) < 4.78 is 4.91. The Hall–Kier alpha value is -1.06. The molecule has 0 aromatic carbocycles. The molecule has 0 aromatic rings. The molecule has 0 saturated carbocycles. The molecule has 1 N–H and O–H groups in total. The predicted octanol–water partition coefficient (Wildman–Crippen LogP) is 0.710. The molecule has 4 heteroatoms. The summed E-state index contributed by atoms with van der Waals surface area (Å²) in [5, 5.41) is 2.33. The maximum absolute atomic E-state index is 11.1. The van der Waals surface area contributed by atoms with Crippen LogP contribution in [0.5, 0.6) is 0 Å². The third-order valence-corrected chi connectivity index (χ3v) is 1.61. The van der Waals surface area contributed by atoms with Gasteiger partial charge in [-0.05, 0) is 19.3 Å². The van der Waals surface area contributed by atoms with Gasteiger partial charge in [0, 0.05) is 0 Å². The van der Waals surface area contributed by atoms with Gasteiger partial charge in [0.15, 0.2) is 0 Å². The van der Waals surface area contributed by atoms with Gasteiger partial charge in [-0.25, -0.2) is 4.79 Å². The third-order valence-electron chi connectivity index (χ3n) is 1.61. The fraction of sp³-hybridized carbons (Fsp3) is 0.778. The van der Waals surface area contributed by atoms with Crippen LogP contribution in [0, 0.1) is 5.92 Å². The second-order valence-corrected chi connectivity index (χ2v) is 3.36. The Bertz CT molecular complexity index is 168. The van der Waals surface area contributed by atoms with Crippen molar-refractivity contribution < 1.29 is 14.3 Å². The maximum atomic E-state index is 11.1. The van der Waals surface area contributed by atoms with Gasteiger partial charge in [-0.3, -0.25) is 4.79 Å². The van der Waals surface area contributed by atoms with Crippen molar-refractivity contribution in [2.24, 2.45) is 5.92 Å². The first-order valence-electron chi connectivity index (χ1n) is 4.44. The van der Waals surface area contributed by atoms with E-state index in [9.17, 15) is 9.59 Å². The van der Waals surface area contributed by atoms with Crippen LogP contribution in [0.4, 0.5) is 0 Å². The molecule has 0 aromatic heterocycles. The van der Waals surface area contributed by atoms with E-state index in [1.165, 1.54) is 0 Å². The molecule has 13 heavy (non-hydrogen) atoms. The van der Waals surface area contributed by atoms with E-state index < -0.39 is 6.04 Å². The van der Waals surface area contributed by atoms with Crippen LogP contribution in [-0.4, -0.2) is 25.0 Å². The van der Waals surface area contributed by atoms with Crippen LogP contribution < -0.4 is 5.32 Å². The normalized spacial score (nSPS) is 12.3. The van der Waals surface area contributed by atoms with E-state index in [2.05, 4.69) is 19.2 Å². The minimum Gasteiger partial charge on any atom is -0.464 e. The molecule has 0 fully saturated rings. The predicted molar refractivity (Wildman–Crippen MR) is 49.1 cm³/mol. The van der Waals surface area contributed by atoms with Crippen molar-refractivity contribution in [1.82, 2.24) is 5.32 Å². The molecule has 0 heterocycles. The molecular formula is C9H17NO3. The van der Waals surface area contributed by atoms with E-state index in [0.717, 1.165) is 6.42 Å². The Kier molecular flexibility index (Phi) is 5.93. The molecular weight excluding hydrogens is 170 g/mol. The number of carbonyl (C=O) groups excluding carboxylic acids is 2. The van der Waals surface area contributed by atoms with Crippen LogP contribution in [0.2, 0.25) is 0 Å². The lowest BCUT2D eigenvalue weighted by Crippen LogP contribution is -2.34. The maximum Gasteiger partial charge on any atom is 0.328 e. The Morgan fingerprint density at radius 3 is 2.54 bits per heavy atom. The van der Waals surface area contributed by atoms with Gasteiger partial charge in [-0.15, -0.1) is 0 Å². The highest BCUT2D eigenvalue weighted by atomic mass is 16.5. The van der Waals surface area contributed by atoms with Gasteiger partial charge in [0.25, 0.3) is 0 Å². The van der Waals surface area contributed by atoms with Crippen molar-refractivity contribution >= 4 is 12.4 Å². The number of nitrogens with one attached hydrogen (secondary N) is 1. The molecule has 0 rings (SSSR count). The second-order valence-electron chi connectivity index (χ2n) is 3.36. The van der Waals surface area contributed by atoms with Gasteiger partial charge in [0.2, 0.25) is 6.41 Å². The summed E-state index contributed by atoms with van der Waals surface area (Å²) in [7, 11) is 0. The Labute approximate surface area is 78.6 Å². The quantitative estimate of drug-likeness (QED) is 0.492. The standard InChI is InChI=1S/C9H17NO3/c1-7(2)4-5-13-9(12)8(3)10-6-11/h6-8H,4-5H2,1-3H3,(H,10,11)/t8-/m0/s1. The molecule has 0 bridgehead atoms. The van der Waals surface area contributed by atoms with E-state index in [4.69, 9.17) is 4.74 Å². The SMILES string of the molecule is CC(C)CCOC(=O)[C@H](C)NC=O. The Balaban J connectivity index is 3.55. The lowest BCUT2D eigenvalue weighted by Gasteiger charge is -2.10. The first kappa shape index (κ1) is 11.9. The fourth-order valence-corrected chi connectivity index (χ4v) is 0.690. The lowest BCUT2D eigenvalue weighted by atomic mass is 10.1. The van der Waals surface area contributed by atoms with Crippen molar-refractivity contribution in [3.05, 3.63) is 0 Å². The number of esters is 1. The molecule has 1 amide bonds. The second kappa shape index (κ2) is 6.46. The molecule has 0 unspecified atom stereocenters. The van der Waals surface area contributed by atoms with Gasteiger partial charge in [-0.2, -0.15) is 0 Å². The topological polar surface area (TPSA) is 55.4 Å². The molecule has 0 aliphatic heterocycles. The van der Waals surface area contributed by atoms with Gasteiger partial charge in [0.05, 0.1) is 6.61 Å². The van der Waals surface area contributed by atoms with Crippen LogP contribution in [-0.2, 0) is 14.3 Å². The number of ether oxygens (including phenoxy) is 1. The van der Waals surface area contributed by atoms with Crippen molar-refractivity contribution in [1.29, 1.82) is 0 Å². The van der Waals surface area contributed by atoms with Crippen molar-refractivity contribution in [3.63, 3.8) is 0 Å². The monoisotopic (exact) mass is 187 g/mol. The van der Waals surface area contributed by atoms with E-state index in [1.807, 2.05) is 0 Å². The van der Waals surface area contributed by atoms with Gasteiger partial charge >= 0.3 is 5.97 Å². The minimum atomic E-state index is -0.551. The zero-order valence-electron chi connectivity index (χ0n) is 8.37. The van der Waals surface area contributed by atoms with Crippen LogP contribution >= 0.6 is 0 Å². The van der Waals surface area contributed by atoms with Crippen LogP contribution in [0.3, 0.4) is 0 Å². The highest BCUT2D eigenvalue weighted by Crippen LogP contribution is 1.99. The first-order chi connectivity index (χ1) is 6.07. The molecule has 0 aliphatic carbocycles. The van der Waals surface area contributed by atoms with Crippen LogP contribution in [0.1, 0.15) is 27.2 Å². The lowest BCUT2D eigenvalue weighted by molar-refractivity contribution is -0.146. The molecule has 0 spiro atoms. The van der Waals surface area contributed by atoms with Crippen LogP contribution in [0.25, 0.3) is 0 Å². The average molecular weight is 187 g/mol. The summed E-state index contributed by atoms with van der Waals surface area (Å²) in [5.74, 6) is 0.134. The number of hydrogen-bond acceptors (Lipinski definition) is 3. The molecule has 0 radical (unpaired) electrons. The summed E-state index contributed by atoms with van der Waals surface area (Å²) in [6.07, 6.45) is 1.34. The number of carbonyl (C=O) groups is 2. The van der Waals surface area contributed by atoms with Crippen molar-refractivity contribution in [2.45, 2.75) is 33.2 Å². The molecule has 4 nitrogen and oxygen atoms in total. The highest BCUT2D eigenvalue weighted by molar-refractivity contribution is 5.77. The van der Waals surface area contributed by atoms with Gasteiger partial charge in [0.1, 0.15) is 6.04 Å². The Morgan fingerprint density at radius 2 is 2.08 bits per heavy atom. The van der Waals surface area contributed by atoms with Crippen molar-refractivity contribution in [3.8, 4) is 0 Å². The number of rotatable bonds is 6. The largest absolute Gasteiger partial charge is 0.464 e. The van der Waals surface area contributed by atoms with Gasteiger partial charge in [-0.1, -0.05) is 13.8 Å². The molecule has 76 valence electrons. The number of hydrogen-bond donors (Lipinski definition) is 1. The Morgan fingerprint density at radius 1 is 1.46 bits per heavy atom. The zero-order valence-corrected chi connectivity index (χ0v) is 8.37. The van der Waals surface area contributed by atoms with Crippen LogP contribution in [0.15, 0.2) is 0 Å². The smallest absolute Gasteiger partial charge is 0.328 e. The summed E-state index contributed by atoms with van der Waals surface area (Å²) in [6, 6.07) is -0.551. The summed E-state index contributed by atoms with van der Waals surface area (Å²) >= 11 is 0. The minimum absolute atomic E-state index is 0.382. The molecule has 0 saturated heterocycles. The summed E-state index contributed by atoms with van der Waals surface area (Å²) in [6.45, 7) is 6.12. The van der Waals surface area contributed by atoms with Gasteiger partial charge < -0.3 is 10.1 Å². The highest BCUT2D eigenvalue weighted by Gasteiger charge is 2.12. The fourth-order valence-electron chi connectivity index (χ4n) is 0.690. The zero-order chi connectivity index (χ0) is 10.3. The number of amides is 1. The molecule has 1 atom stereocenters. The van der Waals surface area contributed by atoms with Crippen molar-refractivity contribution in [2.75, 3.05) is 6.61 Å². The summed E-state index contributed by atoms with van der Waals surface area (Å²) in [5.41, 5.74) is 0. The molecule has 0 aliphatic rings. The van der Waals surface area contributed by atoms with E-state index in [-0.39, 0.29) is 5.97 Å².